The molecule has 3 rings (SSSR count). The van der Waals surface area contributed by atoms with Crippen LogP contribution in [0.15, 0.2) is 36.5 Å². The molecule has 1 aliphatic heterocycles. The molecule has 1 aromatic carbocycles. The van der Waals surface area contributed by atoms with Gasteiger partial charge in [0.05, 0.1) is 31.0 Å². The summed E-state index contributed by atoms with van der Waals surface area (Å²) in [5.74, 6) is -0.345. The molecule has 2 amide bonds. The number of hydrogen-bond donors (Lipinski definition) is 2. The van der Waals surface area contributed by atoms with Gasteiger partial charge in [-0.15, -0.1) is 0 Å². The second-order valence-corrected chi connectivity index (χ2v) is 8.50. The van der Waals surface area contributed by atoms with Gasteiger partial charge in [-0.1, -0.05) is 19.1 Å². The summed E-state index contributed by atoms with van der Waals surface area (Å²) < 4.78 is 45.5. The summed E-state index contributed by atoms with van der Waals surface area (Å²) in [6.07, 6.45) is -2.26. The number of anilines is 1. The molecule has 8 nitrogen and oxygen atoms in total. The van der Waals surface area contributed by atoms with Crippen molar-refractivity contribution in [2.45, 2.75) is 39.0 Å². The quantitative estimate of drug-likeness (QED) is 0.511. The summed E-state index contributed by atoms with van der Waals surface area (Å²) >= 11 is 0. The van der Waals surface area contributed by atoms with Gasteiger partial charge in [-0.05, 0) is 49.2 Å². The molecule has 0 bridgehead atoms. The number of ether oxygens (including phenoxy) is 1. The smallest absolute Gasteiger partial charge is 0.418 e. The van der Waals surface area contributed by atoms with Gasteiger partial charge in [0.25, 0.3) is 0 Å². The summed E-state index contributed by atoms with van der Waals surface area (Å²) in [7, 11) is 1.71. The first-order valence-corrected chi connectivity index (χ1v) is 11.9. The molecule has 196 valence electrons. The molecule has 0 fully saturated rings. The molecule has 0 saturated carbocycles. The average molecular weight is 508 g/mol. The van der Waals surface area contributed by atoms with Gasteiger partial charge >= 0.3 is 12.3 Å². The predicted molar refractivity (Wildman–Crippen MR) is 129 cm³/mol. The molecule has 1 aromatic heterocycles. The number of likely N-dealkylation sites (N-methyl/N-ethyl adjacent to an activating group) is 1. The molecule has 0 spiro atoms. The van der Waals surface area contributed by atoms with E-state index < -0.39 is 11.7 Å². The van der Waals surface area contributed by atoms with Crippen molar-refractivity contribution in [3.63, 3.8) is 0 Å². The number of carbonyl (C=O) groups is 2. The maximum atomic E-state index is 13.4. The lowest BCUT2D eigenvalue weighted by atomic mass is 9.98. The highest BCUT2D eigenvalue weighted by molar-refractivity contribution is 5.81. The van der Waals surface area contributed by atoms with Crippen molar-refractivity contribution in [3.8, 4) is 0 Å². The third-order valence-electron chi connectivity index (χ3n) is 5.90. The van der Waals surface area contributed by atoms with E-state index in [1.165, 1.54) is 17.2 Å². The molecule has 36 heavy (non-hydrogen) atoms. The van der Waals surface area contributed by atoms with E-state index in [2.05, 4.69) is 15.6 Å². The van der Waals surface area contributed by atoms with Crippen molar-refractivity contribution in [1.82, 2.24) is 20.1 Å². The fourth-order valence-electron chi connectivity index (χ4n) is 4.04. The predicted octanol–water partition coefficient (Wildman–Crippen LogP) is 3.67. The lowest BCUT2D eigenvalue weighted by Crippen LogP contribution is -2.40. The van der Waals surface area contributed by atoms with Crippen molar-refractivity contribution in [3.05, 3.63) is 58.9 Å². The second kappa shape index (κ2) is 12.6. The Hall–Kier alpha value is -3.34. The Morgan fingerprint density at radius 3 is 2.75 bits per heavy atom. The Morgan fingerprint density at radius 1 is 1.22 bits per heavy atom. The molecule has 1 aliphatic rings. The zero-order valence-corrected chi connectivity index (χ0v) is 20.5. The molecular weight excluding hydrogens is 475 g/mol. The lowest BCUT2D eigenvalue weighted by Gasteiger charge is -2.30. The molecule has 2 heterocycles. The standard InChI is InChI=1S/C25H32F3N5O3/c1-3-14-36-24(35)33-12-9-19-18(16-33)6-4-8-21(19)31-15-23(34)32(13-11-29-2)17-22-20(25(26,27)28)7-5-10-30-22/h4-8,10,29,31H,3,9,11-17H2,1-2H3. The summed E-state index contributed by atoms with van der Waals surface area (Å²) in [5.41, 5.74) is 1.70. The third kappa shape index (κ3) is 7.09. The Morgan fingerprint density at radius 2 is 2.03 bits per heavy atom. The van der Waals surface area contributed by atoms with E-state index >= 15 is 0 Å². The van der Waals surface area contributed by atoms with Crippen LogP contribution in [-0.2, 0) is 35.2 Å². The van der Waals surface area contributed by atoms with E-state index in [0.717, 1.165) is 29.3 Å². The van der Waals surface area contributed by atoms with Crippen LogP contribution in [0.25, 0.3) is 0 Å². The van der Waals surface area contributed by atoms with Crippen molar-refractivity contribution >= 4 is 17.7 Å². The molecular formula is C25H32F3N5O3. The molecule has 0 atom stereocenters. The van der Waals surface area contributed by atoms with Crippen LogP contribution in [0.3, 0.4) is 0 Å². The van der Waals surface area contributed by atoms with Gasteiger partial charge in [0.15, 0.2) is 0 Å². The average Bonchev–Trinajstić information content (AvgIpc) is 2.87. The molecule has 0 radical (unpaired) electrons. The number of halogens is 3. The van der Waals surface area contributed by atoms with Gasteiger partial charge in [-0.25, -0.2) is 4.79 Å². The van der Waals surface area contributed by atoms with Crippen LogP contribution in [0, 0.1) is 0 Å². The first-order chi connectivity index (χ1) is 17.2. The highest BCUT2D eigenvalue weighted by atomic mass is 19.4. The molecule has 2 aromatic rings. The number of nitrogens with zero attached hydrogens (tertiary/aromatic N) is 3. The summed E-state index contributed by atoms with van der Waals surface area (Å²) in [6.45, 7) is 3.53. The van der Waals surface area contributed by atoms with Gasteiger partial charge in [-0.3, -0.25) is 9.78 Å². The Labute approximate surface area is 208 Å². The molecule has 0 saturated heterocycles. The molecule has 2 N–H and O–H groups in total. The largest absolute Gasteiger partial charge is 0.449 e. The van der Waals surface area contributed by atoms with Crippen molar-refractivity contribution < 1.29 is 27.5 Å². The first kappa shape index (κ1) is 27.3. The van der Waals surface area contributed by atoms with E-state index in [4.69, 9.17) is 4.74 Å². The van der Waals surface area contributed by atoms with Crippen molar-refractivity contribution in [1.29, 1.82) is 0 Å². The van der Waals surface area contributed by atoms with Crippen LogP contribution in [-0.4, -0.2) is 66.6 Å². The van der Waals surface area contributed by atoms with E-state index in [-0.39, 0.29) is 37.3 Å². The van der Waals surface area contributed by atoms with E-state index in [1.807, 2.05) is 25.1 Å². The normalized spacial score (nSPS) is 13.2. The maximum absolute atomic E-state index is 13.4. The van der Waals surface area contributed by atoms with Crippen LogP contribution in [0.1, 0.15) is 35.7 Å². The number of aromatic nitrogens is 1. The van der Waals surface area contributed by atoms with Crippen LogP contribution in [0.4, 0.5) is 23.7 Å². The minimum Gasteiger partial charge on any atom is -0.449 e. The SMILES string of the molecule is CCCOC(=O)N1CCc2c(cccc2NCC(=O)N(CCNC)Cc2ncccc2C(F)(F)F)C1. The lowest BCUT2D eigenvalue weighted by molar-refractivity contribution is -0.140. The van der Waals surface area contributed by atoms with Gasteiger partial charge < -0.3 is 25.2 Å². The van der Waals surface area contributed by atoms with E-state index in [1.54, 1.807) is 11.9 Å². The second-order valence-electron chi connectivity index (χ2n) is 8.50. The number of benzene rings is 1. The number of alkyl halides is 3. The van der Waals surface area contributed by atoms with Crippen LogP contribution >= 0.6 is 0 Å². The number of hydrogen-bond acceptors (Lipinski definition) is 6. The number of nitrogens with one attached hydrogen (secondary N) is 2. The fourth-order valence-corrected chi connectivity index (χ4v) is 4.04. The number of carbonyl (C=O) groups excluding carboxylic acids is 2. The molecule has 11 heteroatoms. The van der Waals surface area contributed by atoms with E-state index in [9.17, 15) is 22.8 Å². The summed E-state index contributed by atoms with van der Waals surface area (Å²) in [4.78, 5) is 32.2. The fraction of sp³-hybridized carbons (Fsp3) is 0.480. The van der Waals surface area contributed by atoms with Gasteiger partial charge in [0.2, 0.25) is 5.91 Å². The van der Waals surface area contributed by atoms with Crippen LogP contribution < -0.4 is 10.6 Å². The van der Waals surface area contributed by atoms with Gasteiger partial charge in [-0.2, -0.15) is 13.2 Å². The number of rotatable bonds is 10. The molecule has 0 aliphatic carbocycles. The van der Waals surface area contributed by atoms with Crippen molar-refractivity contribution in [2.24, 2.45) is 0 Å². The number of fused-ring (bicyclic) bond motifs is 1. The summed E-state index contributed by atoms with van der Waals surface area (Å²) in [5, 5.41) is 6.07. The van der Waals surface area contributed by atoms with E-state index in [0.29, 0.717) is 32.7 Å². The highest BCUT2D eigenvalue weighted by Crippen LogP contribution is 2.31. The zero-order valence-electron chi connectivity index (χ0n) is 20.5. The van der Waals surface area contributed by atoms with Crippen LogP contribution in [0.2, 0.25) is 0 Å². The Balaban J connectivity index is 1.69. The third-order valence-corrected chi connectivity index (χ3v) is 5.90. The minimum absolute atomic E-state index is 0.0867. The Kier molecular flexibility index (Phi) is 9.51. The summed E-state index contributed by atoms with van der Waals surface area (Å²) in [6, 6.07) is 7.83. The van der Waals surface area contributed by atoms with Crippen LogP contribution in [0.5, 0.6) is 0 Å². The molecule has 0 unspecified atom stereocenters. The number of amides is 2. The highest BCUT2D eigenvalue weighted by Gasteiger charge is 2.34. The minimum atomic E-state index is -4.56. The Bertz CT molecular complexity index is 1050. The zero-order chi connectivity index (χ0) is 26.1. The topological polar surface area (TPSA) is 86.8 Å². The maximum Gasteiger partial charge on any atom is 0.418 e. The van der Waals surface area contributed by atoms with Gasteiger partial charge in [0, 0.05) is 38.1 Å². The van der Waals surface area contributed by atoms with Crippen molar-refractivity contribution in [2.75, 3.05) is 45.2 Å². The number of pyridine rings is 1. The first-order valence-electron chi connectivity index (χ1n) is 11.9. The van der Waals surface area contributed by atoms with Gasteiger partial charge in [0.1, 0.15) is 0 Å². The monoisotopic (exact) mass is 507 g/mol.